The van der Waals surface area contributed by atoms with Crippen molar-refractivity contribution in [3.8, 4) is 0 Å². The van der Waals surface area contributed by atoms with Crippen LogP contribution in [0.2, 0.25) is 0 Å². The van der Waals surface area contributed by atoms with Gasteiger partial charge in [0.25, 0.3) is 5.91 Å². The van der Waals surface area contributed by atoms with Gasteiger partial charge >= 0.3 is 0 Å². The number of nitrogens with one attached hydrogen (secondary N) is 1. The summed E-state index contributed by atoms with van der Waals surface area (Å²) in [6, 6.07) is 6.49. The SMILES string of the molecule is Cc1ccc(F)c(NC(=O)c2cc(C3CC3)nc3c2c(C)nn3C)c1. The second-order valence-corrected chi connectivity index (χ2v) is 6.71. The number of hydrogen-bond acceptors (Lipinski definition) is 3. The zero-order valence-corrected chi connectivity index (χ0v) is 14.4. The van der Waals surface area contributed by atoms with Gasteiger partial charge in [-0.15, -0.1) is 0 Å². The van der Waals surface area contributed by atoms with Crippen LogP contribution in [0.1, 0.15) is 46.1 Å². The largest absolute Gasteiger partial charge is 0.319 e. The lowest BCUT2D eigenvalue weighted by Crippen LogP contribution is -2.15. The zero-order chi connectivity index (χ0) is 17.7. The highest BCUT2D eigenvalue weighted by Gasteiger charge is 2.28. The van der Waals surface area contributed by atoms with Crippen LogP contribution >= 0.6 is 0 Å². The molecule has 5 nitrogen and oxygen atoms in total. The molecule has 1 aliphatic rings. The number of carbonyl (C=O) groups is 1. The molecule has 1 fully saturated rings. The van der Waals surface area contributed by atoms with Crippen molar-refractivity contribution in [3.63, 3.8) is 0 Å². The van der Waals surface area contributed by atoms with E-state index in [2.05, 4.69) is 15.4 Å². The Morgan fingerprint density at radius 1 is 1.28 bits per heavy atom. The Morgan fingerprint density at radius 3 is 2.76 bits per heavy atom. The lowest BCUT2D eigenvalue weighted by atomic mass is 10.1. The standard InChI is InChI=1S/C19H19FN4O/c1-10-4-7-14(20)16(8-10)22-19(25)13-9-15(12-5-6-12)21-18-17(13)11(2)23-24(18)3/h4,7-9,12H,5-6H2,1-3H3,(H,22,25). The van der Waals surface area contributed by atoms with Gasteiger partial charge in [-0.3, -0.25) is 9.48 Å². The van der Waals surface area contributed by atoms with E-state index in [1.54, 1.807) is 16.8 Å². The van der Waals surface area contributed by atoms with Gasteiger partial charge in [0.1, 0.15) is 5.82 Å². The topological polar surface area (TPSA) is 59.8 Å². The second kappa shape index (κ2) is 5.65. The molecule has 4 rings (SSSR count). The summed E-state index contributed by atoms with van der Waals surface area (Å²) in [5.41, 5.74) is 3.90. The number of anilines is 1. The molecule has 25 heavy (non-hydrogen) atoms. The van der Waals surface area contributed by atoms with Crippen LogP contribution in [0.3, 0.4) is 0 Å². The van der Waals surface area contributed by atoms with Crippen LogP contribution in [0.5, 0.6) is 0 Å². The minimum absolute atomic E-state index is 0.185. The highest BCUT2D eigenvalue weighted by molar-refractivity contribution is 6.12. The number of aromatic nitrogens is 3. The number of rotatable bonds is 3. The average molecular weight is 338 g/mol. The van der Waals surface area contributed by atoms with Gasteiger partial charge in [0.2, 0.25) is 0 Å². The van der Waals surface area contributed by atoms with Crippen molar-refractivity contribution in [2.45, 2.75) is 32.6 Å². The minimum Gasteiger partial charge on any atom is -0.319 e. The van der Waals surface area contributed by atoms with Gasteiger partial charge in [-0.25, -0.2) is 9.37 Å². The third-order valence-corrected chi connectivity index (χ3v) is 4.60. The van der Waals surface area contributed by atoms with E-state index in [0.29, 0.717) is 17.1 Å². The van der Waals surface area contributed by atoms with Gasteiger partial charge < -0.3 is 5.32 Å². The molecular weight excluding hydrogens is 319 g/mol. The number of pyridine rings is 1. The first kappa shape index (κ1) is 15.7. The number of amides is 1. The third kappa shape index (κ3) is 2.77. The van der Waals surface area contributed by atoms with Crippen LogP contribution in [-0.2, 0) is 7.05 Å². The number of fused-ring (bicyclic) bond motifs is 1. The number of carbonyl (C=O) groups excluding carboxylic acids is 1. The molecule has 0 unspecified atom stereocenters. The molecule has 0 atom stereocenters. The van der Waals surface area contributed by atoms with Crippen molar-refractivity contribution in [1.29, 1.82) is 0 Å². The fraction of sp³-hybridized carbons (Fsp3) is 0.316. The summed E-state index contributed by atoms with van der Waals surface area (Å²) in [6.07, 6.45) is 2.17. The van der Waals surface area contributed by atoms with E-state index in [1.165, 1.54) is 6.07 Å². The second-order valence-electron chi connectivity index (χ2n) is 6.71. The van der Waals surface area contributed by atoms with Gasteiger partial charge in [0, 0.05) is 18.7 Å². The number of benzene rings is 1. The van der Waals surface area contributed by atoms with E-state index in [0.717, 1.165) is 35.2 Å². The molecule has 1 aromatic carbocycles. The summed E-state index contributed by atoms with van der Waals surface area (Å²) in [4.78, 5) is 17.6. The van der Waals surface area contributed by atoms with Crippen molar-refractivity contribution in [1.82, 2.24) is 14.8 Å². The fourth-order valence-electron chi connectivity index (χ4n) is 3.16. The summed E-state index contributed by atoms with van der Waals surface area (Å²) in [7, 11) is 1.82. The van der Waals surface area contributed by atoms with Gasteiger partial charge in [-0.05, 0) is 50.5 Å². The van der Waals surface area contributed by atoms with Crippen LogP contribution in [0, 0.1) is 19.7 Å². The number of nitrogens with zero attached hydrogens (tertiary/aromatic N) is 3. The van der Waals surface area contributed by atoms with E-state index < -0.39 is 5.82 Å². The highest BCUT2D eigenvalue weighted by Crippen LogP contribution is 2.40. The van der Waals surface area contributed by atoms with Gasteiger partial charge in [0.05, 0.1) is 22.3 Å². The van der Waals surface area contributed by atoms with E-state index >= 15 is 0 Å². The third-order valence-electron chi connectivity index (χ3n) is 4.60. The first-order chi connectivity index (χ1) is 11.9. The Balaban J connectivity index is 1.81. The van der Waals surface area contributed by atoms with Crippen LogP contribution in [-0.4, -0.2) is 20.7 Å². The zero-order valence-electron chi connectivity index (χ0n) is 14.4. The van der Waals surface area contributed by atoms with E-state index in [-0.39, 0.29) is 11.6 Å². The first-order valence-corrected chi connectivity index (χ1v) is 8.36. The van der Waals surface area contributed by atoms with Crippen molar-refractivity contribution in [3.05, 3.63) is 52.6 Å². The Labute approximate surface area is 144 Å². The maximum Gasteiger partial charge on any atom is 0.256 e. The maximum atomic E-state index is 14.0. The van der Waals surface area contributed by atoms with Crippen molar-refractivity contribution >= 4 is 22.6 Å². The quantitative estimate of drug-likeness (QED) is 0.789. The lowest BCUT2D eigenvalue weighted by Gasteiger charge is -2.10. The number of halogens is 1. The minimum atomic E-state index is -0.449. The Bertz CT molecular complexity index is 1000. The van der Waals surface area contributed by atoms with E-state index in [9.17, 15) is 9.18 Å². The molecule has 6 heteroatoms. The molecule has 3 aromatic rings. The number of aryl methyl sites for hydroxylation is 3. The molecule has 1 N–H and O–H groups in total. The lowest BCUT2D eigenvalue weighted by molar-refractivity contribution is 0.102. The number of hydrogen-bond donors (Lipinski definition) is 1. The predicted octanol–water partition coefficient (Wildman–Crippen LogP) is 3.85. The molecule has 1 aliphatic carbocycles. The van der Waals surface area contributed by atoms with Gasteiger partial charge in [-0.1, -0.05) is 6.07 Å². The first-order valence-electron chi connectivity index (χ1n) is 8.36. The molecule has 0 aliphatic heterocycles. The molecular formula is C19H19FN4O. The predicted molar refractivity (Wildman–Crippen MR) is 94.3 cm³/mol. The van der Waals surface area contributed by atoms with Crippen molar-refractivity contribution < 1.29 is 9.18 Å². The molecule has 0 bridgehead atoms. The summed E-state index contributed by atoms with van der Waals surface area (Å²) in [5, 5.41) is 7.82. The molecule has 0 radical (unpaired) electrons. The molecule has 2 heterocycles. The smallest absolute Gasteiger partial charge is 0.256 e. The molecule has 0 spiro atoms. The van der Waals surface area contributed by atoms with E-state index in [4.69, 9.17) is 0 Å². The monoisotopic (exact) mass is 338 g/mol. The molecule has 2 aromatic heterocycles. The summed E-state index contributed by atoms with van der Waals surface area (Å²) in [5.74, 6) is -0.383. The average Bonchev–Trinajstić information content (AvgIpc) is 3.37. The molecule has 128 valence electrons. The summed E-state index contributed by atoms with van der Waals surface area (Å²) in [6.45, 7) is 3.71. The van der Waals surface area contributed by atoms with E-state index in [1.807, 2.05) is 27.0 Å². The highest BCUT2D eigenvalue weighted by atomic mass is 19.1. The van der Waals surface area contributed by atoms with Crippen LogP contribution in [0.25, 0.3) is 11.0 Å². The normalized spacial score (nSPS) is 14.1. The molecule has 1 saturated carbocycles. The maximum absolute atomic E-state index is 14.0. The van der Waals surface area contributed by atoms with Crippen LogP contribution < -0.4 is 5.32 Å². The summed E-state index contributed by atoms with van der Waals surface area (Å²) >= 11 is 0. The molecule has 0 saturated heterocycles. The summed E-state index contributed by atoms with van der Waals surface area (Å²) < 4.78 is 15.7. The molecule has 1 amide bonds. The van der Waals surface area contributed by atoms with Gasteiger partial charge in [-0.2, -0.15) is 5.10 Å². The van der Waals surface area contributed by atoms with Crippen LogP contribution in [0.4, 0.5) is 10.1 Å². The van der Waals surface area contributed by atoms with Gasteiger partial charge in [0.15, 0.2) is 5.65 Å². The fourth-order valence-corrected chi connectivity index (χ4v) is 3.16. The van der Waals surface area contributed by atoms with Crippen molar-refractivity contribution in [2.75, 3.05) is 5.32 Å². The van der Waals surface area contributed by atoms with Crippen LogP contribution in [0.15, 0.2) is 24.3 Å². The van der Waals surface area contributed by atoms with Crippen molar-refractivity contribution in [2.24, 2.45) is 7.05 Å². The Morgan fingerprint density at radius 2 is 2.04 bits per heavy atom. The Kier molecular flexibility index (Phi) is 3.56. The Hall–Kier alpha value is -2.76.